The number of hydrogen-bond acceptors (Lipinski definition) is 6. The van der Waals surface area contributed by atoms with Crippen molar-refractivity contribution in [1.82, 2.24) is 9.99 Å². The Morgan fingerprint density at radius 1 is 1.38 bits per heavy atom. The summed E-state index contributed by atoms with van der Waals surface area (Å²) in [5, 5.41) is 26.4. The standard InChI is InChI=1S/C18H30N6O2/c1-7-22(17-13-16(14-19)9-11-20-17)12-10-15(3)26-21-24(25)23(8-2)18(4,5)6/h9,11,13,15H,7-8,10,12H2,1-6H3/b24-21-. The number of rotatable bonds is 9. The first kappa shape index (κ1) is 21.5. The van der Waals surface area contributed by atoms with E-state index in [-0.39, 0.29) is 11.6 Å². The molecule has 26 heavy (non-hydrogen) atoms. The van der Waals surface area contributed by atoms with Crippen LogP contribution in [-0.4, -0.2) is 46.2 Å². The first-order valence-electron chi connectivity index (χ1n) is 8.95. The fraction of sp³-hybridized carbons (Fsp3) is 0.667. The Balaban J connectivity index is 2.63. The van der Waals surface area contributed by atoms with Crippen LogP contribution < -0.4 is 4.90 Å². The van der Waals surface area contributed by atoms with E-state index < -0.39 is 0 Å². The molecule has 0 amide bonds. The van der Waals surface area contributed by atoms with E-state index in [1.54, 1.807) is 23.3 Å². The highest BCUT2D eigenvalue weighted by Gasteiger charge is 2.27. The maximum Gasteiger partial charge on any atom is 0.233 e. The molecule has 1 unspecified atom stereocenters. The van der Waals surface area contributed by atoms with Crippen LogP contribution in [0.1, 0.15) is 53.5 Å². The second-order valence-corrected chi connectivity index (χ2v) is 7.02. The fourth-order valence-corrected chi connectivity index (χ4v) is 2.50. The minimum Gasteiger partial charge on any atom is -0.569 e. The molecule has 1 rings (SSSR count). The van der Waals surface area contributed by atoms with Crippen LogP contribution in [0, 0.1) is 16.5 Å². The molecule has 0 aromatic carbocycles. The van der Waals surface area contributed by atoms with Gasteiger partial charge in [0.25, 0.3) is 0 Å². The fourth-order valence-electron chi connectivity index (χ4n) is 2.50. The summed E-state index contributed by atoms with van der Waals surface area (Å²) in [5.41, 5.74) is 0.250. The van der Waals surface area contributed by atoms with E-state index in [4.69, 9.17) is 10.1 Å². The van der Waals surface area contributed by atoms with Crippen molar-refractivity contribution in [2.24, 2.45) is 5.28 Å². The van der Waals surface area contributed by atoms with E-state index in [1.807, 2.05) is 41.5 Å². The second-order valence-electron chi connectivity index (χ2n) is 7.02. The molecule has 1 atom stereocenters. The summed E-state index contributed by atoms with van der Waals surface area (Å²) >= 11 is 0. The molecule has 0 spiro atoms. The van der Waals surface area contributed by atoms with Crippen molar-refractivity contribution >= 4 is 5.82 Å². The Labute approximate surface area is 156 Å². The minimum absolute atomic E-state index is 0.224. The summed E-state index contributed by atoms with van der Waals surface area (Å²) < 4.78 is 0. The number of hydrogen-bond donors (Lipinski definition) is 0. The first-order valence-corrected chi connectivity index (χ1v) is 8.95. The molecule has 8 heteroatoms. The topological polar surface area (TPSA) is 90.8 Å². The van der Waals surface area contributed by atoms with Crippen molar-refractivity contribution in [3.63, 3.8) is 0 Å². The van der Waals surface area contributed by atoms with Gasteiger partial charge in [-0.1, -0.05) is 0 Å². The number of nitrogens with zero attached hydrogens (tertiary/aromatic N) is 6. The van der Waals surface area contributed by atoms with Crippen molar-refractivity contribution in [2.75, 3.05) is 24.5 Å². The van der Waals surface area contributed by atoms with Gasteiger partial charge < -0.3 is 14.9 Å². The minimum atomic E-state index is -0.330. The van der Waals surface area contributed by atoms with Crippen molar-refractivity contribution in [2.45, 2.75) is 59.6 Å². The van der Waals surface area contributed by atoms with Gasteiger partial charge in [-0.3, -0.25) is 0 Å². The molecule has 0 N–H and O–H groups in total. The van der Waals surface area contributed by atoms with Crippen LogP contribution in [0.4, 0.5) is 5.82 Å². The lowest BCUT2D eigenvalue weighted by atomic mass is 10.1. The number of hydrazine groups is 1. The van der Waals surface area contributed by atoms with Crippen molar-refractivity contribution in [3.8, 4) is 6.07 Å². The highest BCUT2D eigenvalue weighted by molar-refractivity contribution is 5.44. The normalized spacial score (nSPS) is 13.0. The van der Waals surface area contributed by atoms with Crippen LogP contribution in [0.25, 0.3) is 0 Å². The third kappa shape index (κ3) is 6.39. The monoisotopic (exact) mass is 362 g/mol. The van der Waals surface area contributed by atoms with Gasteiger partial charge in [-0.2, -0.15) is 5.26 Å². The first-order chi connectivity index (χ1) is 12.2. The van der Waals surface area contributed by atoms with Gasteiger partial charge in [0.15, 0.2) is 0 Å². The van der Waals surface area contributed by atoms with Crippen LogP contribution in [-0.2, 0) is 4.84 Å². The van der Waals surface area contributed by atoms with Gasteiger partial charge in [-0.25, -0.2) is 4.98 Å². The lowest BCUT2D eigenvalue weighted by molar-refractivity contribution is -0.725. The zero-order chi connectivity index (χ0) is 19.7. The lowest BCUT2D eigenvalue weighted by Crippen LogP contribution is -2.45. The van der Waals surface area contributed by atoms with Crippen molar-refractivity contribution in [3.05, 3.63) is 29.1 Å². The molecular formula is C18H30N6O2. The predicted octanol–water partition coefficient (Wildman–Crippen LogP) is 3.49. The maximum atomic E-state index is 12.1. The molecule has 144 valence electrons. The second kappa shape index (κ2) is 9.80. The molecule has 0 aliphatic heterocycles. The molecule has 8 nitrogen and oxygen atoms in total. The number of nitriles is 1. The van der Waals surface area contributed by atoms with Crippen molar-refractivity contribution in [1.29, 1.82) is 5.26 Å². The van der Waals surface area contributed by atoms with E-state index in [2.05, 4.69) is 21.2 Å². The number of aromatic nitrogens is 1. The molecule has 0 radical (unpaired) electrons. The molecule has 0 bridgehead atoms. The van der Waals surface area contributed by atoms with Crippen LogP contribution in [0.5, 0.6) is 0 Å². The molecule has 0 saturated heterocycles. The summed E-state index contributed by atoms with van der Waals surface area (Å²) in [7, 11) is 0. The molecular weight excluding hydrogens is 332 g/mol. The molecule has 1 aromatic rings. The van der Waals surface area contributed by atoms with Crippen LogP contribution in [0.3, 0.4) is 0 Å². The number of anilines is 1. The highest BCUT2D eigenvalue weighted by atomic mass is 16.7. The van der Waals surface area contributed by atoms with E-state index in [0.29, 0.717) is 30.0 Å². The Hall–Kier alpha value is -2.56. The Bertz CT molecular complexity index is 635. The molecule has 0 aliphatic rings. The van der Waals surface area contributed by atoms with E-state index in [0.717, 1.165) is 12.4 Å². The summed E-state index contributed by atoms with van der Waals surface area (Å²) in [6.45, 7) is 13.6. The third-order valence-corrected chi connectivity index (χ3v) is 3.96. The van der Waals surface area contributed by atoms with Crippen LogP contribution in [0.15, 0.2) is 23.6 Å². The summed E-state index contributed by atoms with van der Waals surface area (Å²) in [5.74, 6) is 0.756. The van der Waals surface area contributed by atoms with Crippen LogP contribution in [0.2, 0.25) is 0 Å². The average molecular weight is 362 g/mol. The number of pyridine rings is 1. The zero-order valence-corrected chi connectivity index (χ0v) is 16.6. The van der Waals surface area contributed by atoms with Gasteiger partial charge in [-0.15, -0.1) is 5.01 Å². The molecule has 0 aliphatic carbocycles. The van der Waals surface area contributed by atoms with E-state index >= 15 is 0 Å². The van der Waals surface area contributed by atoms with Gasteiger partial charge in [-0.05, 0) is 53.7 Å². The average Bonchev–Trinajstić information content (AvgIpc) is 2.60. The zero-order valence-electron chi connectivity index (χ0n) is 16.6. The van der Waals surface area contributed by atoms with Crippen molar-refractivity contribution < 1.29 is 9.81 Å². The quantitative estimate of drug-likeness (QED) is 0.379. The lowest BCUT2D eigenvalue weighted by Gasteiger charge is -2.29. The molecule has 0 saturated carbocycles. The Kier molecular flexibility index (Phi) is 8.10. The Morgan fingerprint density at radius 3 is 2.62 bits per heavy atom. The maximum absolute atomic E-state index is 12.1. The summed E-state index contributed by atoms with van der Waals surface area (Å²) in [4.78, 5) is 12.3. The summed E-state index contributed by atoms with van der Waals surface area (Å²) in [6, 6.07) is 5.57. The molecule has 1 aromatic heterocycles. The van der Waals surface area contributed by atoms with Gasteiger partial charge >= 0.3 is 0 Å². The SMILES string of the molecule is CCN(CCC(C)O/N=[N+](\[O-])N(CC)C(C)(C)C)c1cc(C#N)ccn1. The Morgan fingerprint density at radius 2 is 2.08 bits per heavy atom. The smallest absolute Gasteiger partial charge is 0.233 e. The van der Waals surface area contributed by atoms with Gasteiger partial charge in [0.05, 0.1) is 28.7 Å². The van der Waals surface area contributed by atoms with E-state index in [9.17, 15) is 5.21 Å². The van der Waals surface area contributed by atoms with Gasteiger partial charge in [0, 0.05) is 25.7 Å². The largest absolute Gasteiger partial charge is 0.569 e. The van der Waals surface area contributed by atoms with Crippen LogP contribution >= 0.6 is 0 Å². The van der Waals surface area contributed by atoms with E-state index in [1.165, 1.54) is 0 Å². The highest BCUT2D eigenvalue weighted by Crippen LogP contribution is 2.15. The van der Waals surface area contributed by atoms with Gasteiger partial charge in [0.1, 0.15) is 11.9 Å². The summed E-state index contributed by atoms with van der Waals surface area (Å²) in [6.07, 6.45) is 2.08. The molecule has 0 fully saturated rings. The van der Waals surface area contributed by atoms with Gasteiger partial charge in [0.2, 0.25) is 5.28 Å². The molecule has 1 heterocycles. The third-order valence-electron chi connectivity index (χ3n) is 3.96. The predicted molar refractivity (Wildman–Crippen MR) is 100 cm³/mol.